The quantitative estimate of drug-likeness (QED) is 0.167. The van der Waals surface area contributed by atoms with E-state index in [1.807, 2.05) is 12.1 Å². The molecule has 0 saturated heterocycles. The highest BCUT2D eigenvalue weighted by Gasteiger charge is 2.12. The summed E-state index contributed by atoms with van der Waals surface area (Å²) in [7, 11) is 0. The van der Waals surface area contributed by atoms with E-state index in [1.54, 1.807) is 24.3 Å². The van der Waals surface area contributed by atoms with Gasteiger partial charge in [0.1, 0.15) is 0 Å². The fourth-order valence-corrected chi connectivity index (χ4v) is 3.45. The molecule has 0 unspecified atom stereocenters. The van der Waals surface area contributed by atoms with Crippen molar-refractivity contribution in [3.8, 4) is 11.4 Å². The van der Waals surface area contributed by atoms with Crippen molar-refractivity contribution in [2.45, 2.75) is 25.7 Å². The van der Waals surface area contributed by atoms with Crippen LogP contribution in [0.2, 0.25) is 0 Å². The van der Waals surface area contributed by atoms with Gasteiger partial charge in [-0.15, -0.1) is 0 Å². The second kappa shape index (κ2) is 11.0. The number of carbonyl (C=O) groups excluding carboxylic acids is 1. The molecule has 12 heteroatoms. The molecule has 2 aromatic heterocycles. The van der Waals surface area contributed by atoms with Gasteiger partial charge in [-0.05, 0) is 31.0 Å². The summed E-state index contributed by atoms with van der Waals surface area (Å²) in [4.78, 5) is 38.4. The van der Waals surface area contributed by atoms with Crippen LogP contribution in [0.4, 0.5) is 11.5 Å². The van der Waals surface area contributed by atoms with Crippen molar-refractivity contribution in [1.29, 1.82) is 0 Å². The Morgan fingerprint density at radius 2 is 1.80 bits per heavy atom. The number of anilines is 1. The fraction of sp³-hybridized carbons (Fsp3) is 0.261. The lowest BCUT2D eigenvalue weighted by Gasteiger charge is -2.08. The number of nitrogens with zero attached hydrogens (tertiary/aromatic N) is 4. The van der Waals surface area contributed by atoms with E-state index < -0.39 is 4.92 Å². The molecule has 0 aliphatic rings. The number of unbranched alkanes of at least 4 members (excludes halogenated alkanes) is 1. The minimum atomic E-state index is -0.480. The van der Waals surface area contributed by atoms with Crippen molar-refractivity contribution in [1.82, 2.24) is 25.7 Å². The van der Waals surface area contributed by atoms with Gasteiger partial charge in [-0.25, -0.2) is 5.10 Å². The highest BCUT2D eigenvalue weighted by molar-refractivity contribution is 5.90. The Bertz CT molecular complexity index is 1380. The number of rotatable bonds is 11. The van der Waals surface area contributed by atoms with Crippen LogP contribution >= 0.6 is 0 Å². The number of hydrogen-bond acceptors (Lipinski definition) is 9. The number of nitro benzene ring substituents is 1. The molecule has 2 aromatic carbocycles. The normalized spacial score (nSPS) is 10.9. The van der Waals surface area contributed by atoms with Crippen LogP contribution in [-0.4, -0.2) is 44.3 Å². The molecule has 0 saturated carbocycles. The average Bonchev–Trinajstić information content (AvgIpc) is 3.35. The highest BCUT2D eigenvalue weighted by atomic mass is 16.6. The number of aromatic amines is 1. The monoisotopic (exact) mass is 477 g/mol. The number of carbonyl (C=O) groups is 1. The van der Waals surface area contributed by atoms with Gasteiger partial charge >= 0.3 is 0 Å². The number of hydrogen-bond donors (Lipinski definition) is 3. The number of fused-ring (bicyclic) bond motifs is 1. The van der Waals surface area contributed by atoms with Crippen LogP contribution in [-0.2, 0) is 11.2 Å². The van der Waals surface area contributed by atoms with E-state index in [0.717, 1.165) is 18.2 Å². The molecule has 0 fully saturated rings. The predicted molar refractivity (Wildman–Crippen MR) is 128 cm³/mol. The van der Waals surface area contributed by atoms with E-state index in [0.29, 0.717) is 48.0 Å². The van der Waals surface area contributed by atoms with Crippen LogP contribution in [0.25, 0.3) is 22.2 Å². The first-order chi connectivity index (χ1) is 17.0. The lowest BCUT2D eigenvalue weighted by Crippen LogP contribution is -2.25. The third kappa shape index (κ3) is 6.05. The number of aryl methyl sites for hydroxylation is 1. The maximum Gasteiger partial charge on any atom is 0.272 e. The third-order valence-corrected chi connectivity index (χ3v) is 5.28. The van der Waals surface area contributed by atoms with E-state index in [2.05, 4.69) is 31.0 Å². The Morgan fingerprint density at radius 1 is 1.06 bits per heavy atom. The average molecular weight is 477 g/mol. The van der Waals surface area contributed by atoms with Gasteiger partial charge in [0.25, 0.3) is 11.2 Å². The predicted octanol–water partition coefficient (Wildman–Crippen LogP) is 2.82. The summed E-state index contributed by atoms with van der Waals surface area (Å²) in [5, 5.41) is 28.6. The van der Waals surface area contributed by atoms with Crippen LogP contribution < -0.4 is 16.2 Å². The van der Waals surface area contributed by atoms with Gasteiger partial charge in [0.2, 0.25) is 17.6 Å². The van der Waals surface area contributed by atoms with Crippen LogP contribution in [0, 0.1) is 10.1 Å². The zero-order valence-corrected chi connectivity index (χ0v) is 18.7. The number of H-pyrrole nitrogens is 1. The second-order valence-corrected chi connectivity index (χ2v) is 7.75. The molecule has 0 aliphatic heterocycles. The number of aromatic nitrogens is 4. The molecule has 2 heterocycles. The van der Waals surface area contributed by atoms with Crippen LogP contribution in [0.15, 0.2) is 57.8 Å². The molecule has 0 bridgehead atoms. The van der Waals surface area contributed by atoms with Gasteiger partial charge in [0, 0.05) is 49.0 Å². The maximum atomic E-state index is 12.1. The van der Waals surface area contributed by atoms with Crippen molar-refractivity contribution in [3.05, 3.63) is 74.9 Å². The molecule has 180 valence electrons. The summed E-state index contributed by atoms with van der Waals surface area (Å²) in [5.41, 5.74) is 0.345. The van der Waals surface area contributed by atoms with Crippen molar-refractivity contribution < 1.29 is 14.2 Å². The van der Waals surface area contributed by atoms with Gasteiger partial charge in [-0.3, -0.25) is 19.7 Å². The Labute approximate surface area is 198 Å². The number of nitro groups is 1. The van der Waals surface area contributed by atoms with Crippen LogP contribution in [0.3, 0.4) is 0 Å². The molecular weight excluding hydrogens is 454 g/mol. The van der Waals surface area contributed by atoms with E-state index in [-0.39, 0.29) is 23.6 Å². The molecule has 4 aromatic rings. The first kappa shape index (κ1) is 23.5. The molecule has 0 aliphatic carbocycles. The number of non-ortho nitro benzene ring substituents is 1. The van der Waals surface area contributed by atoms with Crippen molar-refractivity contribution in [3.63, 3.8) is 0 Å². The number of amides is 1. The first-order valence-electron chi connectivity index (χ1n) is 11.1. The Hall–Kier alpha value is -4.61. The molecular formula is C23H23N7O5. The summed E-state index contributed by atoms with van der Waals surface area (Å²) in [6.07, 6.45) is 2.06. The van der Waals surface area contributed by atoms with E-state index in [9.17, 15) is 19.7 Å². The lowest BCUT2D eigenvalue weighted by molar-refractivity contribution is -0.384. The minimum Gasteiger partial charge on any atom is -0.368 e. The molecule has 0 radical (unpaired) electrons. The molecule has 12 nitrogen and oxygen atoms in total. The smallest absolute Gasteiger partial charge is 0.272 e. The van der Waals surface area contributed by atoms with Crippen molar-refractivity contribution >= 4 is 28.2 Å². The van der Waals surface area contributed by atoms with Gasteiger partial charge < -0.3 is 15.2 Å². The molecule has 35 heavy (non-hydrogen) atoms. The highest BCUT2D eigenvalue weighted by Crippen LogP contribution is 2.20. The lowest BCUT2D eigenvalue weighted by atomic mass is 10.2. The van der Waals surface area contributed by atoms with Gasteiger partial charge in [0.15, 0.2) is 5.82 Å². The SMILES string of the molecule is O=C(CCc1nc(-c2ccc([N+](=O)[O-])cc2)no1)NCCCCNc1n[nH]c(=O)c2ccccc12. The summed E-state index contributed by atoms with van der Waals surface area (Å²) < 4.78 is 5.17. The zero-order valence-electron chi connectivity index (χ0n) is 18.7. The first-order valence-corrected chi connectivity index (χ1v) is 11.1. The molecule has 1 amide bonds. The standard InChI is InChI=1S/C23H23N7O5/c31-19(11-12-20-26-21(29-35-20)15-7-9-16(10-8-15)30(33)34)24-13-3-4-14-25-22-17-5-1-2-6-18(17)23(32)28-27-22/h1-2,5-10H,3-4,11-14H2,(H,24,31)(H,25,27)(H,28,32). The maximum absolute atomic E-state index is 12.1. The minimum absolute atomic E-state index is 0.0218. The van der Waals surface area contributed by atoms with Gasteiger partial charge in [-0.1, -0.05) is 23.4 Å². The second-order valence-electron chi connectivity index (χ2n) is 7.75. The molecule has 0 spiro atoms. The third-order valence-electron chi connectivity index (χ3n) is 5.28. The van der Waals surface area contributed by atoms with E-state index in [1.165, 1.54) is 12.1 Å². The van der Waals surface area contributed by atoms with Gasteiger partial charge in [-0.2, -0.15) is 10.1 Å². The molecule has 0 atom stereocenters. The van der Waals surface area contributed by atoms with E-state index in [4.69, 9.17) is 4.52 Å². The molecule has 4 rings (SSSR count). The topological polar surface area (TPSA) is 169 Å². The van der Waals surface area contributed by atoms with E-state index >= 15 is 0 Å². The molecule has 3 N–H and O–H groups in total. The van der Waals surface area contributed by atoms with Crippen molar-refractivity contribution in [2.24, 2.45) is 0 Å². The van der Waals surface area contributed by atoms with Gasteiger partial charge in [0.05, 0.1) is 10.3 Å². The summed E-state index contributed by atoms with van der Waals surface area (Å²) in [6, 6.07) is 13.1. The Morgan fingerprint density at radius 3 is 2.57 bits per heavy atom. The fourth-order valence-electron chi connectivity index (χ4n) is 3.45. The largest absolute Gasteiger partial charge is 0.368 e. The van der Waals surface area contributed by atoms with Crippen LogP contribution in [0.1, 0.15) is 25.2 Å². The summed E-state index contributed by atoms with van der Waals surface area (Å²) in [5.74, 6) is 1.13. The van der Waals surface area contributed by atoms with Crippen molar-refractivity contribution in [2.75, 3.05) is 18.4 Å². The van der Waals surface area contributed by atoms with Crippen LogP contribution in [0.5, 0.6) is 0 Å². The number of nitrogens with one attached hydrogen (secondary N) is 3. The summed E-state index contributed by atoms with van der Waals surface area (Å²) >= 11 is 0. The Kier molecular flexibility index (Phi) is 7.40. The zero-order chi connectivity index (χ0) is 24.6. The number of benzene rings is 2. The Balaban J connectivity index is 1.15. The summed E-state index contributed by atoms with van der Waals surface area (Å²) in [6.45, 7) is 1.17.